The molecule has 2 N–H and O–H groups in total. The van der Waals surface area contributed by atoms with Crippen LogP contribution in [0.5, 0.6) is 5.75 Å². The molecule has 8 nitrogen and oxygen atoms in total. The molecule has 2 atom stereocenters. The molecule has 0 spiro atoms. The molecule has 1 aliphatic carbocycles. The van der Waals surface area contributed by atoms with Gasteiger partial charge in [0.25, 0.3) is 0 Å². The molecular weight excluding hydrogens is 468 g/mol. The van der Waals surface area contributed by atoms with E-state index in [1.165, 1.54) is 11.3 Å². The van der Waals surface area contributed by atoms with E-state index in [0.717, 1.165) is 59.2 Å². The predicted molar refractivity (Wildman–Crippen MR) is 139 cm³/mol. The lowest BCUT2D eigenvalue weighted by molar-refractivity contribution is -0.159. The zero-order chi connectivity index (χ0) is 25.5. The molecule has 37 heavy (non-hydrogen) atoms. The summed E-state index contributed by atoms with van der Waals surface area (Å²) in [7, 11) is 1.62. The lowest BCUT2D eigenvalue weighted by Gasteiger charge is -2.47. The van der Waals surface area contributed by atoms with Crippen molar-refractivity contribution >= 4 is 28.6 Å². The van der Waals surface area contributed by atoms with Gasteiger partial charge in [-0.05, 0) is 42.2 Å². The maximum atomic E-state index is 13.8. The Bertz CT molecular complexity index is 1340. The standard InChI is InChI=1S/C29H32N4O4/c1-37-20-13-11-18(12-14-20)28-27-22(21-9-5-6-10-23(21)31-27)15-24-29(36)32(17-26(35)33(24)28)16-25(34)30-19-7-3-2-4-8-19/h5-6,9-14,19,24,28,31H,2-4,7-8,15-17H2,1H3,(H,30,34). The molecule has 3 aliphatic rings. The first-order valence-electron chi connectivity index (χ1n) is 13.2. The van der Waals surface area contributed by atoms with Crippen molar-refractivity contribution in [1.29, 1.82) is 0 Å². The fourth-order valence-corrected chi connectivity index (χ4v) is 6.28. The Morgan fingerprint density at radius 2 is 1.81 bits per heavy atom. The van der Waals surface area contributed by atoms with Crippen molar-refractivity contribution in [1.82, 2.24) is 20.1 Å². The number of methoxy groups -OCH3 is 1. The molecule has 2 unspecified atom stereocenters. The van der Waals surface area contributed by atoms with Crippen molar-refractivity contribution in [2.24, 2.45) is 0 Å². The minimum Gasteiger partial charge on any atom is -0.497 e. The minimum atomic E-state index is -0.664. The van der Waals surface area contributed by atoms with Gasteiger partial charge in [-0.2, -0.15) is 0 Å². The van der Waals surface area contributed by atoms with Crippen LogP contribution < -0.4 is 10.1 Å². The quantitative estimate of drug-likeness (QED) is 0.562. The van der Waals surface area contributed by atoms with Crippen molar-refractivity contribution in [2.45, 2.75) is 56.7 Å². The van der Waals surface area contributed by atoms with E-state index in [-0.39, 0.29) is 36.9 Å². The first kappa shape index (κ1) is 23.6. The van der Waals surface area contributed by atoms with E-state index in [1.807, 2.05) is 42.5 Å². The van der Waals surface area contributed by atoms with Crippen LogP contribution in [0.1, 0.15) is 55.0 Å². The summed E-state index contributed by atoms with van der Waals surface area (Å²) < 4.78 is 5.34. The third-order valence-corrected chi connectivity index (χ3v) is 8.08. The molecule has 6 rings (SSSR count). The Hall–Kier alpha value is -3.81. The van der Waals surface area contributed by atoms with Crippen molar-refractivity contribution in [3.05, 3.63) is 65.4 Å². The Morgan fingerprint density at radius 3 is 2.57 bits per heavy atom. The van der Waals surface area contributed by atoms with Gasteiger partial charge in [-0.3, -0.25) is 14.4 Å². The number of hydrogen-bond donors (Lipinski definition) is 2. The molecule has 2 aliphatic heterocycles. The molecule has 3 heterocycles. The molecule has 2 aromatic carbocycles. The molecule has 0 radical (unpaired) electrons. The Kier molecular flexibility index (Phi) is 6.10. The highest BCUT2D eigenvalue weighted by atomic mass is 16.5. The number of fused-ring (bicyclic) bond motifs is 4. The number of carbonyl (C=O) groups excluding carboxylic acids is 3. The van der Waals surface area contributed by atoms with Gasteiger partial charge in [0.2, 0.25) is 17.7 Å². The number of hydrogen-bond acceptors (Lipinski definition) is 4. The van der Waals surface area contributed by atoms with Crippen LogP contribution in [-0.4, -0.2) is 64.8 Å². The third-order valence-electron chi connectivity index (χ3n) is 8.08. The summed E-state index contributed by atoms with van der Waals surface area (Å²) in [5.74, 6) is 0.217. The summed E-state index contributed by atoms with van der Waals surface area (Å²) in [6.07, 6.45) is 5.79. The van der Waals surface area contributed by atoms with E-state index < -0.39 is 12.1 Å². The number of carbonyl (C=O) groups is 3. The van der Waals surface area contributed by atoms with Crippen LogP contribution in [0.15, 0.2) is 48.5 Å². The monoisotopic (exact) mass is 500 g/mol. The summed E-state index contributed by atoms with van der Waals surface area (Å²) in [6.45, 7) is -0.186. The van der Waals surface area contributed by atoms with Gasteiger partial charge in [-0.15, -0.1) is 0 Å². The number of nitrogens with one attached hydrogen (secondary N) is 2. The number of ether oxygens (including phenoxy) is 1. The second-order valence-electron chi connectivity index (χ2n) is 10.4. The molecule has 3 amide bonds. The normalized spacial score (nSPS) is 22.1. The summed E-state index contributed by atoms with van der Waals surface area (Å²) in [5.41, 5.74) is 3.87. The van der Waals surface area contributed by atoms with Gasteiger partial charge in [-0.1, -0.05) is 49.6 Å². The van der Waals surface area contributed by atoms with Crippen LogP contribution in [0.4, 0.5) is 0 Å². The predicted octanol–water partition coefficient (Wildman–Crippen LogP) is 3.31. The molecular formula is C29H32N4O4. The van der Waals surface area contributed by atoms with Crippen LogP contribution in [0.3, 0.4) is 0 Å². The van der Waals surface area contributed by atoms with Crippen molar-refractivity contribution < 1.29 is 19.1 Å². The van der Waals surface area contributed by atoms with Gasteiger partial charge in [0.1, 0.15) is 24.9 Å². The van der Waals surface area contributed by atoms with Crippen LogP contribution in [0.25, 0.3) is 10.9 Å². The van der Waals surface area contributed by atoms with Crippen LogP contribution >= 0.6 is 0 Å². The molecule has 8 heteroatoms. The number of amides is 3. The first-order chi connectivity index (χ1) is 18.0. The molecule has 1 aromatic heterocycles. The van der Waals surface area contributed by atoms with Crippen molar-refractivity contribution in [3.63, 3.8) is 0 Å². The highest BCUT2D eigenvalue weighted by Gasteiger charge is 2.48. The first-order valence-corrected chi connectivity index (χ1v) is 13.2. The van der Waals surface area contributed by atoms with Crippen LogP contribution in [0, 0.1) is 0 Å². The molecule has 192 valence electrons. The SMILES string of the molecule is COc1ccc(C2c3[nH]c4ccccc4c3CC3C(=O)N(CC(=O)NC4CCCCC4)CC(=O)N32)cc1. The highest BCUT2D eigenvalue weighted by Crippen LogP contribution is 2.42. The largest absolute Gasteiger partial charge is 0.497 e. The average Bonchev–Trinajstić information content (AvgIpc) is 3.29. The molecule has 1 saturated carbocycles. The average molecular weight is 501 g/mol. The lowest BCUT2D eigenvalue weighted by atomic mass is 9.86. The zero-order valence-corrected chi connectivity index (χ0v) is 21.0. The summed E-state index contributed by atoms with van der Waals surface area (Å²) in [4.78, 5) is 47.0. The number of benzene rings is 2. The van der Waals surface area contributed by atoms with Crippen molar-refractivity contribution in [3.8, 4) is 5.75 Å². The minimum absolute atomic E-state index is 0.0840. The Morgan fingerprint density at radius 1 is 1.05 bits per heavy atom. The molecule has 0 bridgehead atoms. The second kappa shape index (κ2) is 9.57. The van der Waals surface area contributed by atoms with E-state index in [0.29, 0.717) is 6.42 Å². The van der Waals surface area contributed by atoms with E-state index in [2.05, 4.69) is 16.4 Å². The van der Waals surface area contributed by atoms with E-state index in [1.54, 1.807) is 12.0 Å². The topological polar surface area (TPSA) is 94.7 Å². The number of aromatic nitrogens is 1. The second-order valence-corrected chi connectivity index (χ2v) is 10.4. The number of piperazine rings is 1. The van der Waals surface area contributed by atoms with Gasteiger partial charge < -0.3 is 24.8 Å². The smallest absolute Gasteiger partial charge is 0.246 e. The number of nitrogens with zero attached hydrogens (tertiary/aromatic N) is 2. The number of aromatic amines is 1. The van der Waals surface area contributed by atoms with Gasteiger partial charge in [0.15, 0.2) is 0 Å². The summed E-state index contributed by atoms with van der Waals surface area (Å²) in [5, 5.41) is 4.14. The van der Waals surface area contributed by atoms with Crippen molar-refractivity contribution in [2.75, 3.05) is 20.2 Å². The molecule has 3 aromatic rings. The maximum absolute atomic E-state index is 13.8. The zero-order valence-electron chi connectivity index (χ0n) is 21.0. The van der Waals surface area contributed by atoms with Crippen LogP contribution in [-0.2, 0) is 20.8 Å². The number of H-pyrrole nitrogens is 1. The summed E-state index contributed by atoms with van der Waals surface area (Å²) >= 11 is 0. The van der Waals surface area contributed by atoms with Gasteiger partial charge >= 0.3 is 0 Å². The van der Waals surface area contributed by atoms with Gasteiger partial charge in [-0.25, -0.2) is 0 Å². The lowest BCUT2D eigenvalue weighted by Crippen LogP contribution is -2.64. The van der Waals surface area contributed by atoms with Gasteiger partial charge in [0.05, 0.1) is 13.2 Å². The van der Waals surface area contributed by atoms with E-state index in [4.69, 9.17) is 4.74 Å². The molecule has 1 saturated heterocycles. The fourth-order valence-electron chi connectivity index (χ4n) is 6.28. The highest BCUT2D eigenvalue weighted by molar-refractivity contribution is 5.99. The number of rotatable bonds is 5. The third kappa shape index (κ3) is 4.24. The Labute approximate surface area is 216 Å². The fraction of sp³-hybridized carbons (Fsp3) is 0.414. The molecule has 2 fully saturated rings. The van der Waals surface area contributed by atoms with E-state index in [9.17, 15) is 14.4 Å². The maximum Gasteiger partial charge on any atom is 0.246 e. The van der Waals surface area contributed by atoms with Crippen LogP contribution in [0.2, 0.25) is 0 Å². The Balaban J connectivity index is 1.33. The number of para-hydroxylation sites is 1. The van der Waals surface area contributed by atoms with E-state index >= 15 is 0 Å². The van der Waals surface area contributed by atoms with Gasteiger partial charge in [0, 0.05) is 29.1 Å². The summed E-state index contributed by atoms with van der Waals surface area (Å²) in [6, 6.07) is 14.7.